The van der Waals surface area contributed by atoms with Gasteiger partial charge in [-0.25, -0.2) is 17.5 Å². The molecule has 0 saturated carbocycles. The van der Waals surface area contributed by atoms with Crippen LogP contribution >= 0.6 is 0 Å². The van der Waals surface area contributed by atoms with Gasteiger partial charge in [-0.15, -0.1) is 0 Å². The molecule has 0 atom stereocenters. The minimum absolute atomic E-state index is 0.113. The molecule has 0 bridgehead atoms. The second-order valence-electron chi connectivity index (χ2n) is 3.83. The zero-order chi connectivity index (χ0) is 13.1. The van der Waals surface area contributed by atoms with Crippen LogP contribution in [0.5, 0.6) is 0 Å². The molecular weight excluding hydrogens is 243 g/mol. The fraction of sp³-hybridized carbons (Fsp3) is 0.364. The first-order valence-corrected chi connectivity index (χ1v) is 6.58. The van der Waals surface area contributed by atoms with E-state index in [-0.39, 0.29) is 17.7 Å². The van der Waals surface area contributed by atoms with Crippen molar-refractivity contribution in [3.8, 4) is 6.07 Å². The molecule has 0 aliphatic carbocycles. The first-order chi connectivity index (χ1) is 7.86. The third-order valence-electron chi connectivity index (χ3n) is 2.27. The van der Waals surface area contributed by atoms with Crippen molar-refractivity contribution in [2.24, 2.45) is 0 Å². The van der Waals surface area contributed by atoms with Crippen LogP contribution in [0.4, 0.5) is 4.39 Å². The van der Waals surface area contributed by atoms with Crippen LogP contribution in [0.15, 0.2) is 18.2 Å². The summed E-state index contributed by atoms with van der Waals surface area (Å²) in [6, 6.07) is 5.74. The Balaban J connectivity index is 2.82. The Hall–Kier alpha value is -1.45. The molecule has 0 aliphatic rings. The molecule has 0 aromatic heterocycles. The van der Waals surface area contributed by atoms with Gasteiger partial charge in [-0.3, -0.25) is 0 Å². The maximum absolute atomic E-state index is 13.4. The average molecular weight is 256 g/mol. The van der Waals surface area contributed by atoms with Gasteiger partial charge in [0, 0.05) is 12.1 Å². The van der Waals surface area contributed by atoms with Gasteiger partial charge < -0.3 is 0 Å². The van der Waals surface area contributed by atoms with Crippen LogP contribution in [-0.2, 0) is 16.6 Å². The van der Waals surface area contributed by atoms with Gasteiger partial charge in [0.1, 0.15) is 5.82 Å². The largest absolute Gasteiger partial charge is 0.214 e. The Kier molecular flexibility index (Phi) is 4.21. The third kappa shape index (κ3) is 3.51. The summed E-state index contributed by atoms with van der Waals surface area (Å²) in [4.78, 5) is 0. The van der Waals surface area contributed by atoms with Crippen LogP contribution in [0.1, 0.15) is 25.0 Å². The molecule has 0 spiro atoms. The molecule has 0 amide bonds. The number of rotatable bonds is 4. The van der Waals surface area contributed by atoms with Crippen molar-refractivity contribution in [1.29, 1.82) is 5.26 Å². The van der Waals surface area contributed by atoms with E-state index in [9.17, 15) is 12.8 Å². The Morgan fingerprint density at radius 3 is 2.59 bits per heavy atom. The lowest BCUT2D eigenvalue weighted by Crippen LogP contribution is -2.30. The highest BCUT2D eigenvalue weighted by atomic mass is 32.2. The van der Waals surface area contributed by atoms with Gasteiger partial charge in [-0.05, 0) is 26.0 Å². The molecule has 1 aromatic rings. The number of nitrogens with zero attached hydrogens (tertiary/aromatic N) is 1. The molecule has 1 aromatic carbocycles. The molecule has 0 unspecified atom stereocenters. The fourth-order valence-electron chi connectivity index (χ4n) is 1.11. The van der Waals surface area contributed by atoms with Crippen LogP contribution in [-0.4, -0.2) is 13.7 Å². The fourth-order valence-corrected chi connectivity index (χ4v) is 1.80. The number of hydrogen-bond acceptors (Lipinski definition) is 3. The van der Waals surface area contributed by atoms with Gasteiger partial charge in [0.2, 0.25) is 10.0 Å². The highest BCUT2D eigenvalue weighted by molar-refractivity contribution is 7.90. The second kappa shape index (κ2) is 5.25. The number of nitriles is 1. The third-order valence-corrected chi connectivity index (χ3v) is 4.05. The lowest BCUT2D eigenvalue weighted by molar-refractivity contribution is 0.566. The molecule has 17 heavy (non-hydrogen) atoms. The number of sulfonamides is 1. The van der Waals surface area contributed by atoms with Crippen molar-refractivity contribution >= 4 is 10.0 Å². The molecule has 6 heteroatoms. The van der Waals surface area contributed by atoms with E-state index >= 15 is 0 Å². The number of hydrogen-bond donors (Lipinski definition) is 1. The van der Waals surface area contributed by atoms with Gasteiger partial charge >= 0.3 is 0 Å². The summed E-state index contributed by atoms with van der Waals surface area (Å²) in [6.07, 6.45) is 0. The maximum atomic E-state index is 13.4. The number of benzene rings is 1. The molecule has 92 valence electrons. The first-order valence-electron chi connectivity index (χ1n) is 5.04. The molecular formula is C11H13FN2O2S. The predicted molar refractivity (Wildman–Crippen MR) is 62.0 cm³/mol. The van der Waals surface area contributed by atoms with Crippen LogP contribution in [0.3, 0.4) is 0 Å². The zero-order valence-electron chi connectivity index (χ0n) is 9.57. The summed E-state index contributed by atoms with van der Waals surface area (Å²) >= 11 is 0. The molecule has 1 N–H and O–H groups in total. The molecule has 0 radical (unpaired) electrons. The summed E-state index contributed by atoms with van der Waals surface area (Å²) in [5, 5.41) is 7.99. The molecule has 0 fully saturated rings. The SMILES string of the molecule is CC(C)S(=O)(=O)NCc1ccc(C#N)cc1F. The van der Waals surface area contributed by atoms with E-state index in [0.717, 1.165) is 6.07 Å². The summed E-state index contributed by atoms with van der Waals surface area (Å²) in [7, 11) is -3.41. The summed E-state index contributed by atoms with van der Waals surface area (Å²) in [6.45, 7) is 2.97. The zero-order valence-corrected chi connectivity index (χ0v) is 10.4. The molecule has 0 heterocycles. The monoisotopic (exact) mass is 256 g/mol. The van der Waals surface area contributed by atoms with Crippen LogP contribution < -0.4 is 4.72 Å². The van der Waals surface area contributed by atoms with Crippen molar-refractivity contribution in [2.45, 2.75) is 25.6 Å². The van der Waals surface area contributed by atoms with Crippen molar-refractivity contribution in [3.05, 3.63) is 35.1 Å². The van der Waals surface area contributed by atoms with Crippen LogP contribution in [0, 0.1) is 17.1 Å². The lowest BCUT2D eigenvalue weighted by atomic mass is 10.1. The number of nitrogens with one attached hydrogen (secondary N) is 1. The molecule has 0 saturated heterocycles. The summed E-state index contributed by atoms with van der Waals surface area (Å²) in [5.74, 6) is -0.587. The van der Waals surface area contributed by atoms with Gasteiger partial charge in [0.25, 0.3) is 0 Å². The molecule has 0 aliphatic heterocycles. The summed E-state index contributed by atoms with van der Waals surface area (Å²) in [5.41, 5.74) is 0.422. The predicted octanol–water partition coefficient (Wildman–Crippen LogP) is 1.53. The quantitative estimate of drug-likeness (QED) is 0.888. The van der Waals surface area contributed by atoms with E-state index < -0.39 is 21.1 Å². The van der Waals surface area contributed by atoms with Gasteiger partial charge in [0.05, 0.1) is 16.9 Å². The van der Waals surface area contributed by atoms with E-state index in [1.165, 1.54) is 26.0 Å². The summed E-state index contributed by atoms with van der Waals surface area (Å²) < 4.78 is 38.6. The first kappa shape index (κ1) is 13.6. The van der Waals surface area contributed by atoms with Crippen molar-refractivity contribution < 1.29 is 12.8 Å². The van der Waals surface area contributed by atoms with Crippen LogP contribution in [0.25, 0.3) is 0 Å². The molecule has 1 rings (SSSR count). The Morgan fingerprint density at radius 1 is 1.47 bits per heavy atom. The highest BCUT2D eigenvalue weighted by Crippen LogP contribution is 2.10. The van der Waals surface area contributed by atoms with E-state index in [1.807, 2.05) is 0 Å². The van der Waals surface area contributed by atoms with Gasteiger partial charge in [-0.1, -0.05) is 6.07 Å². The molecule has 4 nitrogen and oxygen atoms in total. The van der Waals surface area contributed by atoms with Gasteiger partial charge in [-0.2, -0.15) is 5.26 Å². The minimum atomic E-state index is -3.41. The maximum Gasteiger partial charge on any atom is 0.214 e. The Bertz CT molecular complexity index is 547. The van der Waals surface area contributed by atoms with Crippen molar-refractivity contribution in [1.82, 2.24) is 4.72 Å². The van der Waals surface area contributed by atoms with Crippen molar-refractivity contribution in [2.75, 3.05) is 0 Å². The normalized spacial score (nSPS) is 11.5. The Labute approximate surface area is 100 Å². The van der Waals surface area contributed by atoms with E-state index in [4.69, 9.17) is 5.26 Å². The van der Waals surface area contributed by atoms with Crippen LogP contribution in [0.2, 0.25) is 0 Å². The highest BCUT2D eigenvalue weighted by Gasteiger charge is 2.15. The Morgan fingerprint density at radius 2 is 2.12 bits per heavy atom. The smallest absolute Gasteiger partial charge is 0.212 e. The lowest BCUT2D eigenvalue weighted by Gasteiger charge is -2.09. The van der Waals surface area contributed by atoms with E-state index in [1.54, 1.807) is 6.07 Å². The van der Waals surface area contributed by atoms with E-state index in [2.05, 4.69) is 4.72 Å². The standard InChI is InChI=1S/C11H13FN2O2S/c1-8(2)17(15,16)14-7-10-4-3-9(6-13)5-11(10)12/h3-5,8,14H,7H2,1-2H3. The van der Waals surface area contributed by atoms with E-state index in [0.29, 0.717) is 0 Å². The number of halogens is 1. The van der Waals surface area contributed by atoms with Crippen molar-refractivity contribution in [3.63, 3.8) is 0 Å². The topological polar surface area (TPSA) is 70.0 Å². The van der Waals surface area contributed by atoms with Gasteiger partial charge in [0.15, 0.2) is 0 Å². The minimum Gasteiger partial charge on any atom is -0.212 e. The average Bonchev–Trinajstić information content (AvgIpc) is 2.27. The second-order valence-corrected chi connectivity index (χ2v) is 6.15.